The monoisotopic (exact) mass is 379 g/mol. The summed E-state index contributed by atoms with van der Waals surface area (Å²) in [5.41, 5.74) is 7.60. The molecule has 0 saturated heterocycles. The molecule has 6 nitrogen and oxygen atoms in total. The van der Waals surface area contributed by atoms with Crippen molar-refractivity contribution in [2.24, 2.45) is 0 Å². The van der Waals surface area contributed by atoms with Crippen molar-refractivity contribution in [3.05, 3.63) is 23.2 Å². The molecule has 2 aromatic heterocycles. The van der Waals surface area contributed by atoms with Crippen LogP contribution in [0.15, 0.2) is 18.2 Å². The van der Waals surface area contributed by atoms with Gasteiger partial charge in [0.1, 0.15) is 21.1 Å². The fraction of sp³-hybridized carbons (Fsp3) is 0.412. The molecule has 2 N–H and O–H groups in total. The normalized spacial score (nSPS) is 12.1. The average molecular weight is 380 g/mol. The SMILES string of the molecule is CCCc1nc2c(N)nc3cc(OCCCS(C)(=O)=O)ccc3c2s1. The summed E-state index contributed by atoms with van der Waals surface area (Å²) in [7, 11) is -2.96. The van der Waals surface area contributed by atoms with Crippen molar-refractivity contribution in [2.75, 3.05) is 24.3 Å². The smallest absolute Gasteiger partial charge is 0.151 e. The second-order valence-corrected chi connectivity index (χ2v) is 9.39. The molecular weight excluding hydrogens is 358 g/mol. The Morgan fingerprint density at radius 2 is 2.08 bits per heavy atom. The lowest BCUT2D eigenvalue weighted by Crippen LogP contribution is -2.08. The number of pyridine rings is 1. The predicted molar refractivity (Wildman–Crippen MR) is 103 cm³/mol. The number of rotatable bonds is 7. The molecule has 0 saturated carbocycles. The van der Waals surface area contributed by atoms with Gasteiger partial charge >= 0.3 is 0 Å². The number of thiazole rings is 1. The maximum atomic E-state index is 11.1. The van der Waals surface area contributed by atoms with Crippen LogP contribution in [0.4, 0.5) is 5.82 Å². The second kappa shape index (κ2) is 7.13. The number of nitrogen functional groups attached to an aromatic ring is 1. The fourth-order valence-corrected chi connectivity index (χ4v) is 4.47. The van der Waals surface area contributed by atoms with E-state index < -0.39 is 9.84 Å². The van der Waals surface area contributed by atoms with E-state index in [-0.39, 0.29) is 5.75 Å². The molecule has 0 amide bonds. The van der Waals surface area contributed by atoms with Gasteiger partial charge in [-0.3, -0.25) is 0 Å². The number of benzene rings is 1. The average Bonchev–Trinajstić information content (AvgIpc) is 2.95. The van der Waals surface area contributed by atoms with Gasteiger partial charge in [-0.2, -0.15) is 0 Å². The summed E-state index contributed by atoms with van der Waals surface area (Å²) in [5, 5.41) is 2.08. The fourth-order valence-electron chi connectivity index (χ4n) is 2.62. The Kier molecular flexibility index (Phi) is 5.10. The number of sulfone groups is 1. The highest BCUT2D eigenvalue weighted by atomic mass is 32.2. The van der Waals surface area contributed by atoms with Gasteiger partial charge in [0.2, 0.25) is 0 Å². The molecule has 0 unspecified atom stereocenters. The molecule has 1 aromatic carbocycles. The number of nitrogens with zero attached hydrogens (tertiary/aromatic N) is 2. The zero-order valence-electron chi connectivity index (χ0n) is 14.3. The zero-order chi connectivity index (χ0) is 18.0. The lowest BCUT2D eigenvalue weighted by Gasteiger charge is -2.07. The van der Waals surface area contributed by atoms with Crippen LogP contribution in [-0.2, 0) is 16.3 Å². The van der Waals surface area contributed by atoms with Crippen LogP contribution in [0.3, 0.4) is 0 Å². The molecule has 3 rings (SSSR count). The second-order valence-electron chi connectivity index (χ2n) is 6.04. The third-order valence-electron chi connectivity index (χ3n) is 3.76. The summed E-state index contributed by atoms with van der Waals surface area (Å²) < 4.78 is 29.0. The van der Waals surface area contributed by atoms with Gasteiger partial charge < -0.3 is 10.5 Å². The van der Waals surface area contributed by atoms with Crippen LogP contribution in [0, 0.1) is 0 Å². The van der Waals surface area contributed by atoms with Crippen molar-refractivity contribution in [1.29, 1.82) is 0 Å². The van der Waals surface area contributed by atoms with E-state index >= 15 is 0 Å². The summed E-state index contributed by atoms with van der Waals surface area (Å²) in [4.78, 5) is 9.05. The maximum absolute atomic E-state index is 11.1. The van der Waals surface area contributed by atoms with Gasteiger partial charge in [0.05, 0.1) is 27.6 Å². The molecule has 0 aliphatic carbocycles. The first-order valence-corrected chi connectivity index (χ1v) is 11.0. The quantitative estimate of drug-likeness (QED) is 0.634. The Labute approximate surface area is 151 Å². The molecule has 0 atom stereocenters. The van der Waals surface area contributed by atoms with Crippen LogP contribution in [0.25, 0.3) is 21.1 Å². The minimum Gasteiger partial charge on any atom is -0.493 e. The topological polar surface area (TPSA) is 95.2 Å². The third-order valence-corrected chi connectivity index (χ3v) is 5.94. The molecule has 8 heteroatoms. The number of hydrogen-bond acceptors (Lipinski definition) is 7. The minimum absolute atomic E-state index is 0.119. The van der Waals surface area contributed by atoms with Gasteiger partial charge in [-0.1, -0.05) is 6.92 Å². The first-order chi connectivity index (χ1) is 11.9. The molecule has 0 fully saturated rings. The summed E-state index contributed by atoms with van der Waals surface area (Å²) in [6, 6.07) is 5.67. The highest BCUT2D eigenvalue weighted by Gasteiger charge is 2.13. The molecule has 25 heavy (non-hydrogen) atoms. The van der Waals surface area contributed by atoms with E-state index in [1.54, 1.807) is 11.3 Å². The Morgan fingerprint density at radius 1 is 1.28 bits per heavy atom. The molecule has 0 radical (unpaired) electrons. The van der Waals surface area contributed by atoms with E-state index in [0.717, 1.165) is 39.0 Å². The number of nitrogens with two attached hydrogens (primary N) is 1. The Hall–Kier alpha value is -1.93. The summed E-state index contributed by atoms with van der Waals surface area (Å²) in [5.74, 6) is 1.20. The Bertz CT molecular complexity index is 1010. The van der Waals surface area contributed by atoms with Gasteiger partial charge in [-0.15, -0.1) is 11.3 Å². The number of ether oxygens (including phenoxy) is 1. The summed E-state index contributed by atoms with van der Waals surface area (Å²) in [6.07, 6.45) is 3.65. The van der Waals surface area contributed by atoms with Crippen LogP contribution in [0.1, 0.15) is 24.8 Å². The van der Waals surface area contributed by atoms with Gasteiger partial charge in [0.25, 0.3) is 0 Å². The molecule has 2 heterocycles. The van der Waals surface area contributed by atoms with E-state index in [0.29, 0.717) is 24.6 Å². The number of fused-ring (bicyclic) bond motifs is 3. The van der Waals surface area contributed by atoms with E-state index in [1.165, 1.54) is 6.26 Å². The maximum Gasteiger partial charge on any atom is 0.151 e. The molecule has 0 aliphatic heterocycles. The molecule has 0 spiro atoms. The van der Waals surface area contributed by atoms with Crippen molar-refractivity contribution in [3.8, 4) is 5.75 Å². The standard InChI is InChI=1S/C17H21N3O3S2/c1-3-5-14-20-15-16(24-14)12-7-6-11(10-13(12)19-17(15)18)23-8-4-9-25(2,21)22/h6-7,10H,3-5,8-9H2,1-2H3,(H2,18,19). The van der Waals surface area contributed by atoms with Crippen LogP contribution < -0.4 is 10.5 Å². The number of hydrogen-bond donors (Lipinski definition) is 1. The van der Waals surface area contributed by atoms with Gasteiger partial charge in [-0.25, -0.2) is 18.4 Å². The van der Waals surface area contributed by atoms with E-state index in [1.807, 2.05) is 18.2 Å². The highest BCUT2D eigenvalue weighted by molar-refractivity contribution is 7.90. The van der Waals surface area contributed by atoms with E-state index in [9.17, 15) is 8.42 Å². The number of anilines is 1. The molecule has 0 bridgehead atoms. The lowest BCUT2D eigenvalue weighted by molar-refractivity contribution is 0.318. The lowest BCUT2D eigenvalue weighted by atomic mass is 10.2. The van der Waals surface area contributed by atoms with Crippen molar-refractivity contribution < 1.29 is 13.2 Å². The number of aryl methyl sites for hydroxylation is 1. The highest BCUT2D eigenvalue weighted by Crippen LogP contribution is 2.34. The van der Waals surface area contributed by atoms with Crippen molar-refractivity contribution in [3.63, 3.8) is 0 Å². The molecular formula is C17H21N3O3S2. The summed E-state index contributed by atoms with van der Waals surface area (Å²) in [6.45, 7) is 2.47. The molecule has 3 aromatic rings. The van der Waals surface area contributed by atoms with E-state index in [4.69, 9.17) is 10.5 Å². The molecule has 134 valence electrons. The van der Waals surface area contributed by atoms with Crippen LogP contribution in [-0.4, -0.2) is 37.0 Å². The van der Waals surface area contributed by atoms with Crippen LogP contribution in [0.5, 0.6) is 5.75 Å². The van der Waals surface area contributed by atoms with Crippen LogP contribution >= 0.6 is 11.3 Å². The Morgan fingerprint density at radius 3 is 2.80 bits per heavy atom. The largest absolute Gasteiger partial charge is 0.493 e. The first-order valence-electron chi connectivity index (χ1n) is 8.16. The first kappa shape index (κ1) is 17.9. The Balaban J connectivity index is 1.86. The minimum atomic E-state index is -2.96. The van der Waals surface area contributed by atoms with Crippen molar-refractivity contribution >= 4 is 48.1 Å². The van der Waals surface area contributed by atoms with Gasteiger partial charge in [0, 0.05) is 17.7 Å². The zero-order valence-corrected chi connectivity index (χ0v) is 15.9. The third kappa shape index (κ3) is 4.19. The van der Waals surface area contributed by atoms with Crippen molar-refractivity contribution in [1.82, 2.24) is 9.97 Å². The van der Waals surface area contributed by atoms with Gasteiger partial charge in [-0.05, 0) is 31.4 Å². The van der Waals surface area contributed by atoms with Gasteiger partial charge in [0.15, 0.2) is 5.82 Å². The predicted octanol–water partition coefficient (Wildman–Crippen LogP) is 3.19. The van der Waals surface area contributed by atoms with Crippen molar-refractivity contribution in [2.45, 2.75) is 26.2 Å². The van der Waals surface area contributed by atoms with Crippen LogP contribution in [0.2, 0.25) is 0 Å². The molecule has 0 aliphatic rings. The summed E-state index contributed by atoms with van der Waals surface area (Å²) >= 11 is 1.66. The van der Waals surface area contributed by atoms with E-state index in [2.05, 4.69) is 16.9 Å². The number of aromatic nitrogens is 2.